The zero-order valence-corrected chi connectivity index (χ0v) is 19.2. The largest absolute Gasteiger partial charge is 0.384 e. The molecular formula is C22H29N9O3. The minimum atomic E-state index is -0.961. The molecule has 3 aromatic heterocycles. The first-order valence-corrected chi connectivity index (χ1v) is 11.5. The van der Waals surface area contributed by atoms with Gasteiger partial charge in [0.2, 0.25) is 5.95 Å². The summed E-state index contributed by atoms with van der Waals surface area (Å²) >= 11 is 0. The Kier molecular flexibility index (Phi) is 6.26. The van der Waals surface area contributed by atoms with Gasteiger partial charge in [0.1, 0.15) is 6.10 Å². The molecule has 3 N–H and O–H groups in total. The van der Waals surface area contributed by atoms with E-state index in [1.54, 1.807) is 17.3 Å². The van der Waals surface area contributed by atoms with Gasteiger partial charge < -0.3 is 29.8 Å². The minimum absolute atomic E-state index is 0.215. The van der Waals surface area contributed by atoms with E-state index in [9.17, 15) is 9.90 Å². The summed E-state index contributed by atoms with van der Waals surface area (Å²) in [6.45, 7) is 7.61. The Bertz CT molecular complexity index is 1150. The molecule has 12 heteroatoms. The van der Waals surface area contributed by atoms with Crippen LogP contribution in [-0.4, -0.2) is 104 Å². The summed E-state index contributed by atoms with van der Waals surface area (Å²) in [7, 11) is 0. The van der Waals surface area contributed by atoms with Crippen LogP contribution in [0.25, 0.3) is 16.9 Å². The molecule has 1 amide bonds. The van der Waals surface area contributed by atoms with Gasteiger partial charge in [0.05, 0.1) is 24.6 Å². The number of nitrogens with zero attached hydrogens (tertiary/aromatic N) is 8. The third kappa shape index (κ3) is 4.65. The predicted octanol–water partition coefficient (Wildman–Crippen LogP) is -0.370. The van der Waals surface area contributed by atoms with Crippen LogP contribution in [0.15, 0.2) is 24.8 Å². The van der Waals surface area contributed by atoms with Gasteiger partial charge in [-0.3, -0.25) is 9.69 Å². The number of nitrogen functional groups attached to an aromatic ring is 1. The molecule has 5 heterocycles. The van der Waals surface area contributed by atoms with Gasteiger partial charge in [-0.25, -0.2) is 19.9 Å². The number of aromatic nitrogens is 5. The smallest absolute Gasteiger partial charge is 0.251 e. The molecule has 0 aromatic carbocycles. The van der Waals surface area contributed by atoms with Gasteiger partial charge in [-0.05, 0) is 6.92 Å². The molecule has 0 bridgehead atoms. The number of aliphatic hydroxyl groups excluding tert-OH is 1. The van der Waals surface area contributed by atoms with Crippen molar-refractivity contribution in [2.45, 2.75) is 19.6 Å². The number of hydrogen-bond donors (Lipinski definition) is 2. The Hall–Kier alpha value is -3.35. The highest BCUT2D eigenvalue weighted by Crippen LogP contribution is 2.26. The fourth-order valence-electron chi connectivity index (χ4n) is 4.33. The summed E-state index contributed by atoms with van der Waals surface area (Å²) in [5, 5.41) is 9.56. The quantitative estimate of drug-likeness (QED) is 0.511. The number of nitrogens with two attached hydrogens (primary N) is 1. The van der Waals surface area contributed by atoms with Crippen molar-refractivity contribution in [1.29, 1.82) is 0 Å². The molecule has 34 heavy (non-hydrogen) atoms. The van der Waals surface area contributed by atoms with Crippen molar-refractivity contribution in [2.75, 3.05) is 63.1 Å². The first-order valence-electron chi connectivity index (χ1n) is 11.5. The summed E-state index contributed by atoms with van der Waals surface area (Å²) in [5.41, 5.74) is 8.89. The summed E-state index contributed by atoms with van der Waals surface area (Å²) in [6, 6.07) is 0. The van der Waals surface area contributed by atoms with Gasteiger partial charge in [-0.2, -0.15) is 0 Å². The van der Waals surface area contributed by atoms with Gasteiger partial charge >= 0.3 is 0 Å². The molecule has 0 unspecified atom stereocenters. The topological polar surface area (TPSA) is 138 Å². The van der Waals surface area contributed by atoms with Crippen LogP contribution >= 0.6 is 0 Å². The van der Waals surface area contributed by atoms with Crippen molar-refractivity contribution in [1.82, 2.24) is 34.1 Å². The number of anilines is 2. The van der Waals surface area contributed by atoms with Gasteiger partial charge in [-0.1, -0.05) is 0 Å². The van der Waals surface area contributed by atoms with E-state index in [1.807, 2.05) is 16.8 Å². The highest BCUT2D eigenvalue weighted by atomic mass is 16.5. The second-order valence-electron chi connectivity index (χ2n) is 8.62. The number of fused-ring (bicyclic) bond motifs is 1. The second kappa shape index (κ2) is 9.49. The highest BCUT2D eigenvalue weighted by Gasteiger charge is 2.25. The van der Waals surface area contributed by atoms with Crippen molar-refractivity contribution in [3.8, 4) is 11.3 Å². The standard InChI is InChI=1S/C22H29N9O3/c1-15(32)21(33)30-4-2-28(3-5-30)12-17-13-31-14-18(16-10-24-22(23)25-11-16)27-20(19(31)26-17)29-6-8-34-9-7-29/h10-11,13-15,32H,2-9,12H2,1H3,(H2,23,24,25)/t15-/m1/s1. The summed E-state index contributed by atoms with van der Waals surface area (Å²) < 4.78 is 7.53. The number of amides is 1. The molecule has 180 valence electrons. The summed E-state index contributed by atoms with van der Waals surface area (Å²) in [4.78, 5) is 36.3. The fraction of sp³-hybridized carbons (Fsp3) is 0.500. The normalized spacial score (nSPS) is 18.4. The highest BCUT2D eigenvalue weighted by molar-refractivity contribution is 5.80. The zero-order chi connectivity index (χ0) is 23.7. The SMILES string of the molecule is C[C@@H](O)C(=O)N1CCN(Cc2cn3cc(-c4cnc(N)nc4)nc(N4CCOCC4)c3n2)CC1. The van der Waals surface area contributed by atoms with E-state index in [0.29, 0.717) is 32.8 Å². The Balaban J connectivity index is 1.41. The lowest BCUT2D eigenvalue weighted by Gasteiger charge is -2.34. The van der Waals surface area contributed by atoms with Gasteiger partial charge in [-0.15, -0.1) is 0 Å². The van der Waals surface area contributed by atoms with Crippen molar-refractivity contribution in [3.63, 3.8) is 0 Å². The van der Waals surface area contributed by atoms with Crippen LogP contribution in [0.2, 0.25) is 0 Å². The number of carbonyl (C=O) groups is 1. The van der Waals surface area contributed by atoms with Crippen LogP contribution in [0, 0.1) is 0 Å². The van der Waals surface area contributed by atoms with Crippen LogP contribution in [0.4, 0.5) is 11.8 Å². The number of hydrogen-bond acceptors (Lipinski definition) is 10. The molecule has 0 radical (unpaired) electrons. The molecule has 2 saturated heterocycles. The van der Waals surface area contributed by atoms with E-state index in [2.05, 4.69) is 19.8 Å². The first-order chi connectivity index (χ1) is 16.5. The van der Waals surface area contributed by atoms with Crippen molar-refractivity contribution < 1.29 is 14.6 Å². The molecule has 5 rings (SSSR count). The van der Waals surface area contributed by atoms with Crippen molar-refractivity contribution in [3.05, 3.63) is 30.5 Å². The van der Waals surface area contributed by atoms with Crippen molar-refractivity contribution >= 4 is 23.3 Å². The number of piperazine rings is 1. The van der Waals surface area contributed by atoms with Crippen LogP contribution in [-0.2, 0) is 16.1 Å². The van der Waals surface area contributed by atoms with E-state index in [1.165, 1.54) is 6.92 Å². The van der Waals surface area contributed by atoms with E-state index in [4.69, 9.17) is 20.4 Å². The average molecular weight is 468 g/mol. The number of aliphatic hydroxyl groups is 1. The summed E-state index contributed by atoms with van der Waals surface area (Å²) in [6.07, 6.45) is 6.34. The molecule has 2 aliphatic rings. The zero-order valence-electron chi connectivity index (χ0n) is 19.2. The van der Waals surface area contributed by atoms with Gasteiger partial charge in [0, 0.05) is 76.2 Å². The molecule has 3 aromatic rings. The maximum Gasteiger partial charge on any atom is 0.251 e. The lowest BCUT2D eigenvalue weighted by molar-refractivity contribution is -0.141. The van der Waals surface area contributed by atoms with Gasteiger partial charge in [0.25, 0.3) is 5.91 Å². The number of rotatable bonds is 5. The Morgan fingerprint density at radius 3 is 2.47 bits per heavy atom. The Labute approximate surface area is 197 Å². The lowest BCUT2D eigenvalue weighted by Crippen LogP contribution is -2.50. The van der Waals surface area contributed by atoms with E-state index < -0.39 is 6.10 Å². The number of carbonyl (C=O) groups excluding carboxylic acids is 1. The molecular weight excluding hydrogens is 438 g/mol. The molecule has 2 aliphatic heterocycles. The van der Waals surface area contributed by atoms with Crippen LogP contribution in [0.3, 0.4) is 0 Å². The summed E-state index contributed by atoms with van der Waals surface area (Å²) in [5.74, 6) is 0.808. The lowest BCUT2D eigenvalue weighted by atomic mass is 10.2. The molecule has 0 aliphatic carbocycles. The maximum absolute atomic E-state index is 12.0. The predicted molar refractivity (Wildman–Crippen MR) is 125 cm³/mol. The molecule has 1 atom stereocenters. The van der Waals surface area contributed by atoms with Crippen molar-refractivity contribution in [2.24, 2.45) is 0 Å². The fourth-order valence-corrected chi connectivity index (χ4v) is 4.33. The average Bonchev–Trinajstić information content (AvgIpc) is 3.26. The number of ether oxygens (including phenoxy) is 1. The monoisotopic (exact) mass is 467 g/mol. The van der Waals surface area contributed by atoms with E-state index in [-0.39, 0.29) is 11.9 Å². The van der Waals surface area contributed by atoms with E-state index in [0.717, 1.165) is 54.6 Å². The Morgan fingerprint density at radius 2 is 1.79 bits per heavy atom. The third-order valence-electron chi connectivity index (χ3n) is 6.18. The van der Waals surface area contributed by atoms with E-state index >= 15 is 0 Å². The maximum atomic E-state index is 12.0. The van der Waals surface area contributed by atoms with Crippen LogP contribution in [0.5, 0.6) is 0 Å². The molecule has 0 spiro atoms. The van der Waals surface area contributed by atoms with Gasteiger partial charge in [0.15, 0.2) is 11.5 Å². The minimum Gasteiger partial charge on any atom is -0.384 e. The Morgan fingerprint density at radius 1 is 1.09 bits per heavy atom. The second-order valence-corrected chi connectivity index (χ2v) is 8.62. The third-order valence-corrected chi connectivity index (χ3v) is 6.18. The molecule has 12 nitrogen and oxygen atoms in total. The first kappa shape index (κ1) is 22.4. The molecule has 2 fully saturated rings. The number of imidazole rings is 1. The number of morpholine rings is 1. The van der Waals surface area contributed by atoms with Crippen LogP contribution < -0.4 is 10.6 Å². The van der Waals surface area contributed by atoms with Crippen LogP contribution in [0.1, 0.15) is 12.6 Å². The molecule has 0 saturated carbocycles.